The Morgan fingerprint density at radius 2 is 2.05 bits per heavy atom. The fraction of sp³-hybridized carbons (Fsp3) is 0.0714. The van der Waals surface area contributed by atoms with E-state index in [2.05, 4.69) is 21.2 Å². The minimum Gasteiger partial charge on any atom is -0.327 e. The molecule has 108 valence electrons. The van der Waals surface area contributed by atoms with Crippen LogP contribution in [-0.4, -0.2) is 11.3 Å². The van der Waals surface area contributed by atoms with Crippen LogP contribution in [0, 0.1) is 17.0 Å². The molecule has 7 heteroatoms. The van der Waals surface area contributed by atoms with Crippen LogP contribution >= 0.6 is 27.7 Å². The molecule has 2 aromatic rings. The Hall–Kier alpha value is -1.86. The highest BCUT2D eigenvalue weighted by Gasteiger charge is 2.17. The molecule has 0 unspecified atom stereocenters. The van der Waals surface area contributed by atoms with Crippen molar-refractivity contribution in [3.63, 3.8) is 0 Å². The average molecular weight is 367 g/mol. The first-order chi connectivity index (χ1) is 10.0. The summed E-state index contributed by atoms with van der Waals surface area (Å²) in [7, 11) is 0. The molecule has 1 N–H and O–H groups in total. The molecule has 0 atom stereocenters. The molecule has 2 rings (SSSR count). The summed E-state index contributed by atoms with van der Waals surface area (Å²) in [5, 5.41) is 13.8. The number of halogens is 1. The number of anilines is 1. The quantitative estimate of drug-likeness (QED) is 0.483. The Morgan fingerprint density at radius 3 is 2.71 bits per heavy atom. The summed E-state index contributed by atoms with van der Waals surface area (Å²) in [6.07, 6.45) is 0.600. The molecule has 0 bridgehead atoms. The van der Waals surface area contributed by atoms with Crippen LogP contribution in [0.25, 0.3) is 0 Å². The number of amides is 1. The van der Waals surface area contributed by atoms with Crippen LogP contribution in [0.15, 0.2) is 50.7 Å². The number of rotatable bonds is 5. The van der Waals surface area contributed by atoms with Crippen molar-refractivity contribution < 1.29 is 9.72 Å². The number of nitro benzene ring substituents is 1. The van der Waals surface area contributed by atoms with E-state index in [1.807, 2.05) is 25.1 Å². The van der Waals surface area contributed by atoms with Gasteiger partial charge in [0.05, 0.1) is 15.5 Å². The van der Waals surface area contributed by atoms with E-state index in [0.29, 0.717) is 21.5 Å². The monoisotopic (exact) mass is 366 g/mol. The molecule has 0 aliphatic carbocycles. The number of hydrogen-bond donors (Lipinski definition) is 1. The van der Waals surface area contributed by atoms with Crippen molar-refractivity contribution in [1.29, 1.82) is 0 Å². The molecule has 0 aliphatic heterocycles. The van der Waals surface area contributed by atoms with Gasteiger partial charge < -0.3 is 5.32 Å². The second-order valence-electron chi connectivity index (χ2n) is 4.18. The van der Waals surface area contributed by atoms with Crippen molar-refractivity contribution in [2.45, 2.75) is 16.7 Å². The van der Waals surface area contributed by atoms with Gasteiger partial charge in [-0.25, -0.2) is 0 Å². The fourth-order valence-corrected chi connectivity index (χ4v) is 3.24. The molecule has 2 aromatic carbocycles. The Morgan fingerprint density at radius 1 is 1.29 bits per heavy atom. The lowest BCUT2D eigenvalue weighted by molar-refractivity contribution is -0.387. The maximum absolute atomic E-state index is 11.1. The van der Waals surface area contributed by atoms with E-state index < -0.39 is 4.92 Å². The highest BCUT2D eigenvalue weighted by atomic mass is 79.9. The smallest absolute Gasteiger partial charge is 0.284 e. The van der Waals surface area contributed by atoms with E-state index in [-0.39, 0.29) is 5.69 Å². The molecule has 0 spiro atoms. The normalized spacial score (nSPS) is 10.2. The predicted octanol–water partition coefficient (Wildman–Crippen LogP) is 4.39. The van der Waals surface area contributed by atoms with Crippen LogP contribution in [0.5, 0.6) is 0 Å². The lowest BCUT2D eigenvalue weighted by Gasteiger charge is -2.11. The van der Waals surface area contributed by atoms with Gasteiger partial charge in [0.15, 0.2) is 0 Å². The van der Waals surface area contributed by atoms with Gasteiger partial charge >= 0.3 is 0 Å². The molecule has 0 heterocycles. The molecular weight excluding hydrogens is 356 g/mol. The van der Waals surface area contributed by atoms with Crippen molar-refractivity contribution in [1.82, 2.24) is 0 Å². The first-order valence-corrected chi connectivity index (χ1v) is 7.55. The summed E-state index contributed by atoms with van der Waals surface area (Å²) in [6, 6.07) is 10.4. The zero-order chi connectivity index (χ0) is 15.4. The van der Waals surface area contributed by atoms with Gasteiger partial charge in [0, 0.05) is 15.4 Å². The summed E-state index contributed by atoms with van der Waals surface area (Å²) in [6.45, 7) is 1.87. The van der Waals surface area contributed by atoms with Crippen LogP contribution in [0.1, 0.15) is 5.56 Å². The van der Waals surface area contributed by atoms with Gasteiger partial charge in [-0.2, -0.15) is 0 Å². The largest absolute Gasteiger partial charge is 0.327 e. The van der Waals surface area contributed by atoms with Crippen LogP contribution in [0.2, 0.25) is 0 Å². The Bertz CT molecular complexity index is 707. The third kappa shape index (κ3) is 3.62. The number of carbonyl (C=O) groups is 1. The zero-order valence-electron chi connectivity index (χ0n) is 11.0. The maximum atomic E-state index is 11.1. The Balaban J connectivity index is 2.45. The number of nitrogens with zero attached hydrogens (tertiary/aromatic N) is 1. The zero-order valence-corrected chi connectivity index (χ0v) is 13.4. The van der Waals surface area contributed by atoms with E-state index in [4.69, 9.17) is 0 Å². The number of aryl methyl sites for hydroxylation is 1. The predicted molar refractivity (Wildman–Crippen MR) is 85.8 cm³/mol. The van der Waals surface area contributed by atoms with Gasteiger partial charge in [-0.1, -0.05) is 39.8 Å². The Kier molecular flexibility index (Phi) is 4.98. The Labute approximate surface area is 134 Å². The van der Waals surface area contributed by atoms with Gasteiger partial charge in [0.25, 0.3) is 5.69 Å². The van der Waals surface area contributed by atoms with Crippen molar-refractivity contribution in [2.24, 2.45) is 0 Å². The maximum Gasteiger partial charge on any atom is 0.284 e. The number of hydrogen-bond acceptors (Lipinski definition) is 4. The third-order valence-electron chi connectivity index (χ3n) is 2.78. The second-order valence-corrected chi connectivity index (χ2v) is 6.18. The minimum absolute atomic E-state index is 0.0212. The number of benzene rings is 2. The van der Waals surface area contributed by atoms with E-state index in [9.17, 15) is 14.9 Å². The van der Waals surface area contributed by atoms with E-state index in [1.54, 1.807) is 12.1 Å². The molecule has 5 nitrogen and oxygen atoms in total. The molecule has 0 aliphatic rings. The van der Waals surface area contributed by atoms with E-state index in [1.165, 1.54) is 17.8 Å². The van der Waals surface area contributed by atoms with Gasteiger partial charge in [-0.15, -0.1) is 0 Å². The van der Waals surface area contributed by atoms with E-state index in [0.717, 1.165) is 10.5 Å². The van der Waals surface area contributed by atoms with Crippen molar-refractivity contribution in [3.8, 4) is 0 Å². The van der Waals surface area contributed by atoms with E-state index >= 15 is 0 Å². The van der Waals surface area contributed by atoms with Crippen LogP contribution in [0.4, 0.5) is 11.4 Å². The van der Waals surface area contributed by atoms with Crippen LogP contribution < -0.4 is 5.32 Å². The summed E-state index contributed by atoms with van der Waals surface area (Å²) >= 11 is 4.48. The number of carbonyl (C=O) groups excluding carboxylic acids is 1. The molecule has 0 saturated carbocycles. The second kappa shape index (κ2) is 6.73. The molecule has 0 fully saturated rings. The van der Waals surface area contributed by atoms with Gasteiger partial charge in [0.2, 0.25) is 6.41 Å². The summed E-state index contributed by atoms with van der Waals surface area (Å²) in [5.74, 6) is 0. The highest BCUT2D eigenvalue weighted by Crippen LogP contribution is 2.40. The molecule has 0 aromatic heterocycles. The number of nitrogens with one attached hydrogen (secondary N) is 1. The average Bonchev–Trinajstić information content (AvgIpc) is 2.44. The molecule has 0 radical (unpaired) electrons. The summed E-state index contributed by atoms with van der Waals surface area (Å²) in [5.41, 5.74) is 1.58. The van der Waals surface area contributed by atoms with Gasteiger partial charge in [-0.3, -0.25) is 14.9 Å². The van der Waals surface area contributed by atoms with Crippen molar-refractivity contribution >= 4 is 45.5 Å². The topological polar surface area (TPSA) is 72.2 Å². The number of nitro groups is 1. The van der Waals surface area contributed by atoms with Gasteiger partial charge in [-0.05, 0) is 30.7 Å². The number of para-hydroxylation sites is 1. The SMILES string of the molecule is Cc1cccc(Sc2ccc(Br)cc2[N+](=O)[O-])c1NC=O. The molecule has 0 saturated heterocycles. The lowest BCUT2D eigenvalue weighted by atomic mass is 10.2. The third-order valence-corrected chi connectivity index (χ3v) is 4.39. The highest BCUT2D eigenvalue weighted by molar-refractivity contribution is 9.10. The standard InChI is InChI=1S/C14H11BrN2O3S/c1-9-3-2-4-13(14(9)16-8-18)21-12-6-5-10(15)7-11(12)17(19)20/h2-8H,1H3,(H,16,18). The lowest BCUT2D eigenvalue weighted by Crippen LogP contribution is -1.98. The summed E-state index contributed by atoms with van der Waals surface area (Å²) < 4.78 is 0.647. The first-order valence-electron chi connectivity index (χ1n) is 5.94. The first kappa shape index (κ1) is 15.5. The summed E-state index contributed by atoms with van der Waals surface area (Å²) in [4.78, 5) is 22.7. The molecule has 1 amide bonds. The fourth-order valence-electron chi connectivity index (χ4n) is 1.81. The molecular formula is C14H11BrN2O3S. The van der Waals surface area contributed by atoms with Crippen molar-refractivity contribution in [2.75, 3.05) is 5.32 Å². The minimum atomic E-state index is -0.421. The van der Waals surface area contributed by atoms with Crippen LogP contribution in [0.3, 0.4) is 0 Å². The molecule has 21 heavy (non-hydrogen) atoms. The van der Waals surface area contributed by atoms with Crippen molar-refractivity contribution in [3.05, 3.63) is 56.5 Å². The van der Waals surface area contributed by atoms with Crippen LogP contribution in [-0.2, 0) is 4.79 Å². The van der Waals surface area contributed by atoms with Gasteiger partial charge in [0.1, 0.15) is 0 Å².